The number of carbonyl (C=O) groups is 1. The van der Waals surface area contributed by atoms with E-state index < -0.39 is 10.0 Å². The SMILES string of the molecule is CCc1cccc(CC)c1NS(=O)(=O)c1ccc(SC)c(NC(C)=O)c1. The molecule has 2 aromatic carbocycles. The maximum Gasteiger partial charge on any atom is 0.261 e. The van der Waals surface area contributed by atoms with E-state index in [4.69, 9.17) is 0 Å². The summed E-state index contributed by atoms with van der Waals surface area (Å²) in [5.74, 6) is -0.243. The molecule has 26 heavy (non-hydrogen) atoms. The van der Waals surface area contributed by atoms with Gasteiger partial charge in [-0.25, -0.2) is 8.42 Å². The van der Waals surface area contributed by atoms with Crippen LogP contribution in [-0.4, -0.2) is 20.6 Å². The number of thioether (sulfide) groups is 1. The summed E-state index contributed by atoms with van der Waals surface area (Å²) in [6, 6.07) is 10.6. The fourth-order valence-corrected chi connectivity index (χ4v) is 4.41. The van der Waals surface area contributed by atoms with Gasteiger partial charge in [-0.2, -0.15) is 0 Å². The van der Waals surface area contributed by atoms with Crippen molar-refractivity contribution in [1.82, 2.24) is 0 Å². The number of rotatable bonds is 7. The lowest BCUT2D eigenvalue weighted by Crippen LogP contribution is -2.16. The van der Waals surface area contributed by atoms with Crippen molar-refractivity contribution in [2.75, 3.05) is 16.3 Å². The van der Waals surface area contributed by atoms with Gasteiger partial charge < -0.3 is 5.32 Å². The number of aryl methyl sites for hydroxylation is 2. The molecule has 7 heteroatoms. The molecule has 0 aromatic heterocycles. The minimum absolute atomic E-state index is 0.118. The van der Waals surface area contributed by atoms with Gasteiger partial charge in [-0.05, 0) is 48.4 Å². The number of hydrogen-bond donors (Lipinski definition) is 2. The van der Waals surface area contributed by atoms with E-state index >= 15 is 0 Å². The van der Waals surface area contributed by atoms with Crippen LogP contribution in [-0.2, 0) is 27.7 Å². The second-order valence-corrected chi connectivity index (χ2v) is 8.34. The molecular weight excluding hydrogens is 368 g/mol. The lowest BCUT2D eigenvalue weighted by molar-refractivity contribution is -0.114. The molecule has 0 aliphatic carbocycles. The summed E-state index contributed by atoms with van der Waals surface area (Å²) in [5, 5.41) is 2.69. The topological polar surface area (TPSA) is 75.3 Å². The highest BCUT2D eigenvalue weighted by molar-refractivity contribution is 7.98. The van der Waals surface area contributed by atoms with E-state index in [1.807, 2.05) is 38.3 Å². The van der Waals surface area contributed by atoms with Crippen LogP contribution < -0.4 is 10.0 Å². The monoisotopic (exact) mass is 392 g/mol. The highest BCUT2D eigenvalue weighted by Crippen LogP contribution is 2.30. The van der Waals surface area contributed by atoms with Crippen LogP contribution in [0.25, 0.3) is 0 Å². The van der Waals surface area contributed by atoms with E-state index in [9.17, 15) is 13.2 Å². The van der Waals surface area contributed by atoms with Crippen molar-refractivity contribution in [3.8, 4) is 0 Å². The molecule has 2 aromatic rings. The Balaban J connectivity index is 2.47. The van der Waals surface area contributed by atoms with E-state index in [-0.39, 0.29) is 10.8 Å². The van der Waals surface area contributed by atoms with E-state index in [0.717, 1.165) is 28.9 Å². The van der Waals surface area contributed by atoms with Crippen LogP contribution in [0.1, 0.15) is 31.9 Å². The van der Waals surface area contributed by atoms with E-state index in [1.54, 1.807) is 12.1 Å². The van der Waals surface area contributed by atoms with Crippen LogP contribution in [0, 0.1) is 0 Å². The number of hydrogen-bond acceptors (Lipinski definition) is 4. The molecule has 5 nitrogen and oxygen atoms in total. The van der Waals surface area contributed by atoms with Crippen LogP contribution in [0.3, 0.4) is 0 Å². The fraction of sp³-hybridized carbons (Fsp3) is 0.316. The standard InChI is InChI=1S/C19H24N2O3S2/c1-5-14-8-7-9-15(6-2)19(14)21-26(23,24)16-10-11-18(25-4)17(12-16)20-13(3)22/h7-12,21H,5-6H2,1-4H3,(H,20,22). The molecule has 0 aliphatic rings. The molecule has 0 unspecified atom stereocenters. The smallest absolute Gasteiger partial charge is 0.261 e. The molecule has 0 bridgehead atoms. The number of carbonyl (C=O) groups excluding carboxylic acids is 1. The third-order valence-corrected chi connectivity index (χ3v) is 6.17. The van der Waals surface area contributed by atoms with Crippen LogP contribution >= 0.6 is 11.8 Å². The van der Waals surface area contributed by atoms with Gasteiger partial charge in [0.05, 0.1) is 16.3 Å². The Labute approximate surface area is 159 Å². The number of amides is 1. The van der Waals surface area contributed by atoms with Crippen LogP contribution in [0.5, 0.6) is 0 Å². The summed E-state index contributed by atoms with van der Waals surface area (Å²) >= 11 is 1.44. The van der Waals surface area contributed by atoms with E-state index in [1.165, 1.54) is 24.8 Å². The van der Waals surface area contributed by atoms with E-state index in [0.29, 0.717) is 11.4 Å². The third-order valence-electron chi connectivity index (χ3n) is 4.03. The summed E-state index contributed by atoms with van der Waals surface area (Å²) in [7, 11) is -3.77. The molecule has 2 N–H and O–H groups in total. The van der Waals surface area contributed by atoms with Gasteiger partial charge in [-0.1, -0.05) is 32.0 Å². The predicted molar refractivity (Wildman–Crippen MR) is 109 cm³/mol. The number of nitrogens with one attached hydrogen (secondary N) is 2. The molecule has 0 spiro atoms. The summed E-state index contributed by atoms with van der Waals surface area (Å²) in [5.41, 5.74) is 3.05. The zero-order chi connectivity index (χ0) is 19.3. The predicted octanol–water partition coefficient (Wildman–Crippen LogP) is 4.29. The summed E-state index contributed by atoms with van der Waals surface area (Å²) in [6.07, 6.45) is 3.33. The fourth-order valence-electron chi connectivity index (χ4n) is 2.71. The Kier molecular flexibility index (Phi) is 6.72. The summed E-state index contributed by atoms with van der Waals surface area (Å²) < 4.78 is 28.6. The molecular formula is C19H24N2O3S2. The minimum Gasteiger partial charge on any atom is -0.325 e. The maximum absolute atomic E-state index is 12.9. The zero-order valence-corrected chi connectivity index (χ0v) is 17.1. The lowest BCUT2D eigenvalue weighted by atomic mass is 10.0. The molecule has 0 fully saturated rings. The molecule has 0 atom stereocenters. The number of benzene rings is 2. The average Bonchev–Trinajstić information content (AvgIpc) is 2.61. The van der Waals surface area contributed by atoms with Crippen molar-refractivity contribution < 1.29 is 13.2 Å². The first-order valence-electron chi connectivity index (χ1n) is 8.41. The summed E-state index contributed by atoms with van der Waals surface area (Å²) in [4.78, 5) is 12.3. The van der Waals surface area contributed by atoms with Gasteiger partial charge in [0.25, 0.3) is 10.0 Å². The van der Waals surface area contributed by atoms with Crippen LogP contribution in [0.4, 0.5) is 11.4 Å². The van der Waals surface area contributed by atoms with Crippen molar-refractivity contribution in [3.05, 3.63) is 47.5 Å². The Morgan fingerprint density at radius 2 is 1.69 bits per heavy atom. The number of para-hydroxylation sites is 1. The first-order chi connectivity index (χ1) is 12.3. The van der Waals surface area contributed by atoms with Gasteiger partial charge in [0.1, 0.15) is 0 Å². The normalized spacial score (nSPS) is 11.2. The first kappa shape index (κ1) is 20.3. The van der Waals surface area contributed by atoms with Crippen molar-refractivity contribution in [1.29, 1.82) is 0 Å². The second kappa shape index (κ2) is 8.60. The Hall–Kier alpha value is -1.99. The second-order valence-electron chi connectivity index (χ2n) is 5.81. The van der Waals surface area contributed by atoms with Gasteiger partial charge >= 0.3 is 0 Å². The Bertz CT molecular complexity index is 887. The van der Waals surface area contributed by atoms with Gasteiger partial charge in [-0.3, -0.25) is 9.52 Å². The third kappa shape index (κ3) is 4.59. The lowest BCUT2D eigenvalue weighted by Gasteiger charge is -2.17. The molecule has 0 saturated heterocycles. The van der Waals surface area contributed by atoms with Crippen LogP contribution in [0.2, 0.25) is 0 Å². The molecule has 1 amide bonds. The van der Waals surface area contributed by atoms with E-state index in [2.05, 4.69) is 10.0 Å². The van der Waals surface area contributed by atoms with Crippen LogP contribution in [0.15, 0.2) is 46.2 Å². The molecule has 2 rings (SSSR count). The molecule has 0 saturated carbocycles. The first-order valence-corrected chi connectivity index (χ1v) is 11.1. The quantitative estimate of drug-likeness (QED) is 0.689. The Morgan fingerprint density at radius 1 is 1.08 bits per heavy atom. The summed E-state index contributed by atoms with van der Waals surface area (Å²) in [6.45, 7) is 5.39. The molecule has 0 aliphatic heterocycles. The number of anilines is 2. The van der Waals surface area contributed by atoms with Crippen molar-refractivity contribution in [2.24, 2.45) is 0 Å². The van der Waals surface area contributed by atoms with Gasteiger partial charge in [-0.15, -0.1) is 11.8 Å². The zero-order valence-electron chi connectivity index (χ0n) is 15.4. The Morgan fingerprint density at radius 3 is 2.19 bits per heavy atom. The van der Waals surface area contributed by atoms with Gasteiger partial charge in [0.15, 0.2) is 0 Å². The minimum atomic E-state index is -3.77. The van der Waals surface area contributed by atoms with Crippen molar-refractivity contribution in [2.45, 2.75) is 43.4 Å². The molecule has 0 radical (unpaired) electrons. The maximum atomic E-state index is 12.9. The van der Waals surface area contributed by atoms with Crippen molar-refractivity contribution in [3.63, 3.8) is 0 Å². The highest BCUT2D eigenvalue weighted by Gasteiger charge is 2.19. The van der Waals surface area contributed by atoms with Gasteiger partial charge in [0, 0.05) is 11.8 Å². The van der Waals surface area contributed by atoms with Crippen molar-refractivity contribution >= 4 is 39.1 Å². The molecule has 0 heterocycles. The largest absolute Gasteiger partial charge is 0.325 e. The van der Waals surface area contributed by atoms with Gasteiger partial charge in [0.2, 0.25) is 5.91 Å². The average molecular weight is 393 g/mol. The molecule has 140 valence electrons. The highest BCUT2D eigenvalue weighted by atomic mass is 32.2. The number of sulfonamides is 1.